The third-order valence-corrected chi connectivity index (χ3v) is 3.81. The number of nitro groups is 1. The molecule has 0 saturated carbocycles. The lowest BCUT2D eigenvalue weighted by molar-refractivity contribution is -0.384. The Balaban J connectivity index is 2.38. The van der Waals surface area contributed by atoms with E-state index in [1.807, 2.05) is 6.92 Å². The molecule has 21 heavy (non-hydrogen) atoms. The molecule has 1 saturated heterocycles. The Morgan fingerprint density at radius 3 is 2.62 bits per heavy atom. The van der Waals surface area contributed by atoms with Crippen LogP contribution >= 0.6 is 0 Å². The number of benzene rings is 1. The van der Waals surface area contributed by atoms with Crippen LogP contribution in [0.15, 0.2) is 18.2 Å². The van der Waals surface area contributed by atoms with Crippen LogP contribution in [0.1, 0.15) is 18.9 Å². The van der Waals surface area contributed by atoms with Gasteiger partial charge in [-0.1, -0.05) is 6.92 Å². The number of nitro benzene ring substituents is 1. The van der Waals surface area contributed by atoms with Crippen molar-refractivity contribution in [2.24, 2.45) is 11.7 Å². The van der Waals surface area contributed by atoms with Crippen LogP contribution in [0.5, 0.6) is 0 Å². The van der Waals surface area contributed by atoms with Crippen LogP contribution in [-0.4, -0.2) is 24.1 Å². The van der Waals surface area contributed by atoms with E-state index in [1.165, 1.54) is 6.07 Å². The minimum atomic E-state index is -4.60. The first-order valence-electron chi connectivity index (χ1n) is 6.56. The molecule has 0 spiro atoms. The predicted octanol–water partition coefficient (Wildman–Crippen LogP) is 2.79. The highest BCUT2D eigenvalue weighted by Crippen LogP contribution is 2.37. The van der Waals surface area contributed by atoms with E-state index >= 15 is 0 Å². The van der Waals surface area contributed by atoms with Crippen LogP contribution in [0.2, 0.25) is 0 Å². The molecule has 1 aliphatic rings. The second-order valence-corrected chi connectivity index (χ2v) is 5.33. The van der Waals surface area contributed by atoms with Gasteiger partial charge in [-0.3, -0.25) is 10.1 Å². The highest BCUT2D eigenvalue weighted by atomic mass is 19.4. The van der Waals surface area contributed by atoms with Crippen molar-refractivity contribution in [2.45, 2.75) is 25.6 Å². The molecule has 1 heterocycles. The molecule has 0 amide bonds. The zero-order chi connectivity index (χ0) is 15.8. The van der Waals surface area contributed by atoms with Crippen molar-refractivity contribution in [3.63, 3.8) is 0 Å². The Hall–Kier alpha value is -1.83. The van der Waals surface area contributed by atoms with E-state index in [-0.39, 0.29) is 17.6 Å². The average molecular weight is 303 g/mol. The van der Waals surface area contributed by atoms with Crippen LogP contribution in [0.25, 0.3) is 0 Å². The monoisotopic (exact) mass is 303 g/mol. The zero-order valence-corrected chi connectivity index (χ0v) is 11.4. The van der Waals surface area contributed by atoms with Crippen LogP contribution in [-0.2, 0) is 6.18 Å². The molecule has 2 rings (SSSR count). The van der Waals surface area contributed by atoms with E-state index in [4.69, 9.17) is 5.73 Å². The van der Waals surface area contributed by atoms with Crippen molar-refractivity contribution in [1.82, 2.24) is 0 Å². The second kappa shape index (κ2) is 5.51. The number of hydrogen-bond donors (Lipinski definition) is 1. The summed E-state index contributed by atoms with van der Waals surface area (Å²) in [6, 6.07) is 2.65. The van der Waals surface area contributed by atoms with E-state index in [0.29, 0.717) is 25.6 Å². The Kier molecular flexibility index (Phi) is 4.08. The Bertz CT molecular complexity index is 548. The molecule has 2 unspecified atom stereocenters. The predicted molar refractivity (Wildman–Crippen MR) is 72.1 cm³/mol. The first kappa shape index (κ1) is 15.6. The van der Waals surface area contributed by atoms with Gasteiger partial charge in [0.2, 0.25) is 0 Å². The van der Waals surface area contributed by atoms with Crippen LogP contribution in [0, 0.1) is 16.0 Å². The molecular weight excluding hydrogens is 287 g/mol. The summed E-state index contributed by atoms with van der Waals surface area (Å²) in [5.74, 6) is 0.126. The zero-order valence-electron chi connectivity index (χ0n) is 11.4. The third kappa shape index (κ3) is 3.26. The maximum atomic E-state index is 12.7. The fourth-order valence-electron chi connectivity index (χ4n) is 2.50. The van der Waals surface area contributed by atoms with E-state index in [9.17, 15) is 23.3 Å². The number of piperidine rings is 1. The van der Waals surface area contributed by atoms with E-state index in [0.717, 1.165) is 6.07 Å². The fourth-order valence-corrected chi connectivity index (χ4v) is 2.50. The van der Waals surface area contributed by atoms with Gasteiger partial charge in [0, 0.05) is 25.2 Å². The number of rotatable bonds is 2. The average Bonchev–Trinajstić information content (AvgIpc) is 2.40. The summed E-state index contributed by atoms with van der Waals surface area (Å²) in [7, 11) is 0. The summed E-state index contributed by atoms with van der Waals surface area (Å²) in [5, 5.41) is 11.1. The number of nitrogens with two attached hydrogens (primary N) is 1. The molecule has 2 N–H and O–H groups in total. The Morgan fingerprint density at radius 1 is 1.43 bits per heavy atom. The maximum Gasteiger partial charge on any atom is 0.416 e. The van der Waals surface area contributed by atoms with Gasteiger partial charge >= 0.3 is 6.18 Å². The Morgan fingerprint density at radius 2 is 2.10 bits per heavy atom. The summed E-state index contributed by atoms with van der Waals surface area (Å²) in [6.45, 7) is 2.91. The normalized spacial score (nSPS) is 23.2. The van der Waals surface area contributed by atoms with Gasteiger partial charge in [-0.05, 0) is 24.5 Å². The lowest BCUT2D eigenvalue weighted by Gasteiger charge is -2.36. The highest BCUT2D eigenvalue weighted by molar-refractivity contribution is 5.65. The second-order valence-electron chi connectivity index (χ2n) is 5.33. The van der Waals surface area contributed by atoms with Gasteiger partial charge in [0.25, 0.3) is 5.69 Å². The largest absolute Gasteiger partial charge is 0.416 e. The van der Waals surface area contributed by atoms with Crippen molar-refractivity contribution >= 4 is 11.4 Å². The van der Waals surface area contributed by atoms with Crippen molar-refractivity contribution in [1.29, 1.82) is 0 Å². The van der Waals surface area contributed by atoms with Gasteiger partial charge in [0.15, 0.2) is 0 Å². The third-order valence-electron chi connectivity index (χ3n) is 3.81. The first-order valence-corrected chi connectivity index (χ1v) is 6.56. The minimum Gasteiger partial charge on any atom is -0.366 e. The standard InChI is InChI=1S/C13H16F3N3O2/c1-8-7-18(5-4-10(8)17)11-3-2-9(13(14,15)16)6-12(11)19(20)21/h2-3,6,8,10H,4-5,7,17H2,1H3. The first-order chi connectivity index (χ1) is 9.70. The summed E-state index contributed by atoms with van der Waals surface area (Å²) in [4.78, 5) is 12.0. The smallest absolute Gasteiger partial charge is 0.366 e. The molecular formula is C13H16F3N3O2. The molecule has 0 radical (unpaired) electrons. The molecule has 2 atom stereocenters. The van der Waals surface area contributed by atoms with E-state index < -0.39 is 22.4 Å². The number of halogens is 3. The quantitative estimate of drug-likeness (QED) is 0.673. The van der Waals surface area contributed by atoms with Gasteiger partial charge in [-0.25, -0.2) is 0 Å². The van der Waals surface area contributed by atoms with Crippen molar-refractivity contribution in [2.75, 3.05) is 18.0 Å². The van der Waals surface area contributed by atoms with Gasteiger partial charge < -0.3 is 10.6 Å². The highest BCUT2D eigenvalue weighted by Gasteiger charge is 2.34. The van der Waals surface area contributed by atoms with Crippen molar-refractivity contribution in [3.05, 3.63) is 33.9 Å². The van der Waals surface area contributed by atoms with Gasteiger partial charge in [-0.2, -0.15) is 13.2 Å². The lowest BCUT2D eigenvalue weighted by atomic mass is 9.94. The lowest BCUT2D eigenvalue weighted by Crippen LogP contribution is -2.46. The number of hydrogen-bond acceptors (Lipinski definition) is 4. The van der Waals surface area contributed by atoms with Crippen LogP contribution in [0.4, 0.5) is 24.5 Å². The van der Waals surface area contributed by atoms with Crippen molar-refractivity contribution < 1.29 is 18.1 Å². The molecule has 1 aromatic carbocycles. The van der Waals surface area contributed by atoms with Crippen LogP contribution in [0.3, 0.4) is 0 Å². The van der Waals surface area contributed by atoms with E-state index in [2.05, 4.69) is 0 Å². The van der Waals surface area contributed by atoms with Crippen molar-refractivity contribution in [3.8, 4) is 0 Å². The Labute approximate surface area is 119 Å². The molecule has 1 aromatic rings. The fraction of sp³-hybridized carbons (Fsp3) is 0.538. The SMILES string of the molecule is CC1CN(c2ccc(C(F)(F)F)cc2[N+](=O)[O-])CCC1N. The molecule has 0 aromatic heterocycles. The molecule has 1 fully saturated rings. The summed E-state index contributed by atoms with van der Waals surface area (Å²) >= 11 is 0. The van der Waals surface area contributed by atoms with Crippen LogP contribution < -0.4 is 10.6 Å². The summed E-state index contributed by atoms with van der Waals surface area (Å²) < 4.78 is 38.0. The molecule has 116 valence electrons. The topological polar surface area (TPSA) is 72.4 Å². The number of nitrogens with zero attached hydrogens (tertiary/aromatic N) is 2. The molecule has 0 bridgehead atoms. The van der Waals surface area contributed by atoms with E-state index in [1.54, 1.807) is 4.90 Å². The van der Waals surface area contributed by atoms with Gasteiger partial charge in [0.05, 0.1) is 10.5 Å². The molecule has 5 nitrogen and oxygen atoms in total. The summed E-state index contributed by atoms with van der Waals surface area (Å²) in [5.41, 5.74) is 4.57. The number of alkyl halides is 3. The van der Waals surface area contributed by atoms with Gasteiger partial charge in [-0.15, -0.1) is 0 Å². The molecule has 8 heteroatoms. The summed E-state index contributed by atoms with van der Waals surface area (Å²) in [6.07, 6.45) is -3.94. The molecule has 0 aliphatic carbocycles. The molecule has 1 aliphatic heterocycles. The van der Waals surface area contributed by atoms with Gasteiger partial charge in [0.1, 0.15) is 5.69 Å². The maximum absolute atomic E-state index is 12.7. The number of anilines is 1. The minimum absolute atomic E-state index is 0.00903.